The monoisotopic (exact) mass is 176 g/mol. The molecule has 9 heavy (non-hydrogen) atoms. The summed E-state index contributed by atoms with van der Waals surface area (Å²) in [7, 11) is -4.67. The Morgan fingerprint density at radius 2 is 2.00 bits per heavy atom. The highest BCUT2D eigenvalue weighted by Crippen LogP contribution is 2.41. The van der Waals surface area contributed by atoms with E-state index in [1.807, 2.05) is 0 Å². The molecule has 0 aromatic rings. The fraction of sp³-hybridized carbons (Fsp3) is 1.00. The van der Waals surface area contributed by atoms with E-state index >= 15 is 0 Å². The van der Waals surface area contributed by atoms with Crippen molar-refractivity contribution in [3.05, 3.63) is 0 Å². The van der Waals surface area contributed by atoms with Gasteiger partial charge in [0.05, 0.1) is 0 Å². The minimum Gasteiger partial charge on any atom is -0.353 e. The molecule has 56 valence electrons. The van der Waals surface area contributed by atoms with Gasteiger partial charge in [-0.3, -0.25) is 0 Å². The summed E-state index contributed by atoms with van der Waals surface area (Å²) in [5, 5.41) is 6.10. The van der Waals surface area contributed by atoms with Crippen molar-refractivity contribution in [2.75, 3.05) is 0 Å². The molecule has 5 nitrogen and oxygen atoms in total. The number of alkyl halides is 1. The SMILES string of the molecule is CC(O)(Cl)OP(=O)(O)O. The normalized spacial score (nSPS) is 19.2. The molecular weight excluding hydrogens is 170 g/mol. The van der Waals surface area contributed by atoms with Crippen molar-refractivity contribution in [2.45, 2.75) is 12.2 Å². The molecule has 0 spiro atoms. The maximum atomic E-state index is 9.87. The van der Waals surface area contributed by atoms with Crippen LogP contribution >= 0.6 is 19.4 Å². The molecule has 0 rings (SSSR count). The Bertz CT molecular complexity index is 132. The van der Waals surface area contributed by atoms with Crippen molar-refractivity contribution in [2.24, 2.45) is 0 Å². The summed E-state index contributed by atoms with van der Waals surface area (Å²) in [4.78, 5) is 16.0. The first-order chi connectivity index (χ1) is 3.71. The van der Waals surface area contributed by atoms with Crippen LogP contribution in [-0.2, 0) is 9.09 Å². The average molecular weight is 176 g/mol. The first-order valence-electron chi connectivity index (χ1n) is 1.88. The molecule has 0 heterocycles. The summed E-state index contributed by atoms with van der Waals surface area (Å²) in [6.07, 6.45) is 0. The second kappa shape index (κ2) is 2.54. The molecule has 0 radical (unpaired) electrons. The lowest BCUT2D eigenvalue weighted by Crippen LogP contribution is -2.17. The lowest BCUT2D eigenvalue weighted by Gasteiger charge is -2.14. The minimum atomic E-state index is -4.67. The van der Waals surface area contributed by atoms with Crippen LogP contribution in [-0.4, -0.2) is 20.1 Å². The van der Waals surface area contributed by atoms with Gasteiger partial charge in [-0.2, -0.15) is 0 Å². The van der Waals surface area contributed by atoms with E-state index in [1.54, 1.807) is 0 Å². The van der Waals surface area contributed by atoms with Gasteiger partial charge in [0.1, 0.15) is 0 Å². The molecule has 0 aliphatic rings. The Morgan fingerprint density at radius 1 is 1.67 bits per heavy atom. The van der Waals surface area contributed by atoms with Crippen molar-refractivity contribution in [3.8, 4) is 0 Å². The molecule has 1 atom stereocenters. The largest absolute Gasteiger partial charge is 0.473 e. The van der Waals surface area contributed by atoms with E-state index in [4.69, 9.17) is 26.5 Å². The Labute approximate surface area is 56.5 Å². The van der Waals surface area contributed by atoms with Crippen LogP contribution < -0.4 is 0 Å². The zero-order valence-corrected chi connectivity index (χ0v) is 6.13. The molecule has 0 saturated carbocycles. The lowest BCUT2D eigenvalue weighted by atomic mass is 10.8. The smallest absolute Gasteiger partial charge is 0.353 e. The van der Waals surface area contributed by atoms with Crippen LogP contribution in [0.15, 0.2) is 0 Å². The summed E-state index contributed by atoms with van der Waals surface area (Å²) in [6, 6.07) is 0. The van der Waals surface area contributed by atoms with Gasteiger partial charge in [-0.1, -0.05) is 11.6 Å². The second-order valence-corrected chi connectivity index (χ2v) is 3.32. The van der Waals surface area contributed by atoms with Crippen LogP contribution in [0, 0.1) is 0 Å². The minimum absolute atomic E-state index is 0.896. The highest BCUT2D eigenvalue weighted by molar-refractivity contribution is 7.46. The van der Waals surface area contributed by atoms with Crippen molar-refractivity contribution in [1.29, 1.82) is 0 Å². The molecule has 0 amide bonds. The van der Waals surface area contributed by atoms with E-state index in [9.17, 15) is 4.57 Å². The Kier molecular flexibility index (Phi) is 2.64. The van der Waals surface area contributed by atoms with E-state index < -0.39 is 13.1 Å². The van der Waals surface area contributed by atoms with Gasteiger partial charge in [-0.05, 0) is 0 Å². The first kappa shape index (κ1) is 9.36. The number of hydrogen-bond acceptors (Lipinski definition) is 3. The predicted octanol–water partition coefficient (Wildman–Crippen LogP) is 0.000500. The van der Waals surface area contributed by atoms with Crippen LogP contribution in [0.3, 0.4) is 0 Å². The van der Waals surface area contributed by atoms with Crippen LogP contribution in [0.2, 0.25) is 0 Å². The third kappa shape index (κ3) is 8.36. The fourth-order valence-electron chi connectivity index (χ4n) is 0.217. The first-order valence-corrected chi connectivity index (χ1v) is 3.79. The van der Waals surface area contributed by atoms with Gasteiger partial charge in [0.2, 0.25) is 0 Å². The molecular formula is C2H6ClO5P. The molecule has 0 saturated heterocycles. The quantitative estimate of drug-likeness (QED) is 0.313. The van der Waals surface area contributed by atoms with Gasteiger partial charge in [0.25, 0.3) is 5.25 Å². The van der Waals surface area contributed by atoms with E-state index in [-0.39, 0.29) is 0 Å². The summed E-state index contributed by atoms with van der Waals surface area (Å²) in [6.45, 7) is 0.896. The average Bonchev–Trinajstić information content (AvgIpc) is 1.14. The molecule has 0 aromatic carbocycles. The lowest BCUT2D eigenvalue weighted by molar-refractivity contribution is -0.0613. The van der Waals surface area contributed by atoms with Gasteiger partial charge in [0, 0.05) is 6.92 Å². The van der Waals surface area contributed by atoms with Crippen molar-refractivity contribution < 1.29 is 24.0 Å². The molecule has 0 aliphatic carbocycles. The van der Waals surface area contributed by atoms with Crippen LogP contribution in [0.1, 0.15) is 6.92 Å². The highest BCUT2D eigenvalue weighted by atomic mass is 35.5. The van der Waals surface area contributed by atoms with Crippen molar-refractivity contribution >= 4 is 19.4 Å². The zero-order chi connectivity index (χ0) is 7.71. The van der Waals surface area contributed by atoms with Crippen LogP contribution in [0.5, 0.6) is 0 Å². The Balaban J connectivity index is 3.90. The molecule has 1 unspecified atom stereocenters. The number of phosphoric acid groups is 1. The number of hydrogen-bond donors (Lipinski definition) is 3. The van der Waals surface area contributed by atoms with E-state index in [2.05, 4.69) is 4.52 Å². The van der Waals surface area contributed by atoms with Crippen LogP contribution in [0.25, 0.3) is 0 Å². The molecule has 0 aliphatic heterocycles. The molecule has 7 heteroatoms. The van der Waals surface area contributed by atoms with Crippen LogP contribution in [0.4, 0.5) is 0 Å². The summed E-state index contributed by atoms with van der Waals surface area (Å²) in [5.41, 5.74) is 0. The molecule has 0 bridgehead atoms. The topological polar surface area (TPSA) is 87.0 Å². The summed E-state index contributed by atoms with van der Waals surface area (Å²) in [5.74, 6) is 0. The summed E-state index contributed by atoms with van der Waals surface area (Å²) < 4.78 is 13.5. The Hall–Kier alpha value is 0.360. The van der Waals surface area contributed by atoms with Gasteiger partial charge >= 0.3 is 7.82 Å². The van der Waals surface area contributed by atoms with E-state index in [1.165, 1.54) is 0 Å². The number of aliphatic hydroxyl groups is 1. The third-order valence-corrected chi connectivity index (χ3v) is 1.06. The van der Waals surface area contributed by atoms with Crippen molar-refractivity contribution in [1.82, 2.24) is 0 Å². The molecule has 3 N–H and O–H groups in total. The molecule has 0 fully saturated rings. The highest BCUT2D eigenvalue weighted by Gasteiger charge is 2.28. The standard InChI is InChI=1S/C2H6ClO5P/c1-2(3,4)8-9(5,6)7/h4H,1H3,(H2,5,6,7). The second-order valence-electron chi connectivity index (χ2n) is 1.45. The van der Waals surface area contributed by atoms with Crippen molar-refractivity contribution in [3.63, 3.8) is 0 Å². The predicted molar refractivity (Wildman–Crippen MR) is 29.6 cm³/mol. The maximum absolute atomic E-state index is 9.87. The number of phosphoric ester groups is 1. The Morgan fingerprint density at radius 3 is 2.00 bits per heavy atom. The third-order valence-electron chi connectivity index (χ3n) is 0.286. The van der Waals surface area contributed by atoms with E-state index in [0.29, 0.717) is 0 Å². The zero-order valence-electron chi connectivity index (χ0n) is 4.48. The van der Waals surface area contributed by atoms with E-state index in [0.717, 1.165) is 6.92 Å². The number of rotatable bonds is 2. The van der Waals surface area contributed by atoms with Gasteiger partial charge < -0.3 is 14.9 Å². The van der Waals surface area contributed by atoms with Gasteiger partial charge in [-0.25, -0.2) is 9.09 Å². The van der Waals surface area contributed by atoms with Gasteiger partial charge in [0.15, 0.2) is 0 Å². The molecule has 0 aromatic heterocycles. The number of halogens is 1. The fourth-order valence-corrected chi connectivity index (χ4v) is 0.921. The maximum Gasteiger partial charge on any atom is 0.473 e. The van der Waals surface area contributed by atoms with Gasteiger partial charge in [-0.15, -0.1) is 0 Å². The summed E-state index contributed by atoms with van der Waals surface area (Å²) >= 11 is 4.86.